The highest BCUT2D eigenvalue weighted by atomic mass is 79.9. The van der Waals surface area contributed by atoms with Gasteiger partial charge in [-0.15, -0.1) is 0 Å². The number of methoxy groups -OCH3 is 1. The minimum absolute atomic E-state index is 0.387. The Morgan fingerprint density at radius 2 is 2.11 bits per heavy atom. The molecule has 2 saturated carbocycles. The van der Waals surface area contributed by atoms with Crippen LogP contribution < -0.4 is 4.74 Å². The van der Waals surface area contributed by atoms with Crippen molar-refractivity contribution < 1.29 is 9.84 Å². The summed E-state index contributed by atoms with van der Waals surface area (Å²) in [7, 11) is 1.68. The first kappa shape index (κ1) is 13.4. The van der Waals surface area contributed by atoms with Gasteiger partial charge in [-0.3, -0.25) is 0 Å². The van der Waals surface area contributed by atoms with Crippen molar-refractivity contribution in [1.29, 1.82) is 0 Å². The molecular weight excluding hydrogens is 304 g/mol. The van der Waals surface area contributed by atoms with Crippen molar-refractivity contribution in [2.24, 2.45) is 17.8 Å². The molecule has 0 aliphatic heterocycles. The molecule has 1 N–H and O–H groups in total. The second kappa shape index (κ2) is 5.10. The summed E-state index contributed by atoms with van der Waals surface area (Å²) in [6, 6.07) is 4.04. The summed E-state index contributed by atoms with van der Waals surface area (Å²) in [5.41, 5.74) is 2.08. The van der Waals surface area contributed by atoms with E-state index in [1.807, 2.05) is 19.1 Å². The Morgan fingerprint density at radius 1 is 1.32 bits per heavy atom. The molecule has 2 aliphatic carbocycles. The number of fused-ring (bicyclic) bond motifs is 2. The topological polar surface area (TPSA) is 29.5 Å². The number of aliphatic hydroxyl groups is 1. The fraction of sp³-hybridized carbons (Fsp3) is 0.625. The molecule has 3 rings (SSSR count). The van der Waals surface area contributed by atoms with Crippen LogP contribution in [0.5, 0.6) is 5.75 Å². The van der Waals surface area contributed by atoms with Crippen molar-refractivity contribution in [3.05, 3.63) is 27.7 Å². The van der Waals surface area contributed by atoms with Crippen LogP contribution in [0.2, 0.25) is 0 Å². The SMILES string of the molecule is COc1cc(C)c(Br)cc1C(O)C1CC2CCC1C2. The second-order valence-electron chi connectivity index (χ2n) is 6.13. The molecule has 4 atom stereocenters. The molecule has 1 aromatic rings. The molecule has 2 fully saturated rings. The lowest BCUT2D eigenvalue weighted by molar-refractivity contribution is 0.0722. The molecule has 104 valence electrons. The Labute approximate surface area is 123 Å². The van der Waals surface area contributed by atoms with Gasteiger partial charge in [-0.1, -0.05) is 22.4 Å². The van der Waals surface area contributed by atoms with Crippen molar-refractivity contribution in [3.63, 3.8) is 0 Å². The summed E-state index contributed by atoms with van der Waals surface area (Å²) in [5, 5.41) is 10.8. The average molecular weight is 325 g/mol. The Kier molecular flexibility index (Phi) is 3.61. The van der Waals surface area contributed by atoms with Crippen LogP contribution >= 0.6 is 15.9 Å². The van der Waals surface area contributed by atoms with Gasteiger partial charge in [0.2, 0.25) is 0 Å². The van der Waals surface area contributed by atoms with Crippen molar-refractivity contribution in [2.75, 3.05) is 7.11 Å². The normalized spacial score (nSPS) is 30.6. The van der Waals surface area contributed by atoms with Crippen LogP contribution in [0.25, 0.3) is 0 Å². The Morgan fingerprint density at radius 3 is 2.68 bits per heavy atom. The summed E-state index contributed by atoms with van der Waals surface area (Å²) in [4.78, 5) is 0. The summed E-state index contributed by atoms with van der Waals surface area (Å²) < 4.78 is 6.51. The fourth-order valence-corrected chi connectivity index (χ4v) is 4.35. The molecule has 2 bridgehead atoms. The van der Waals surface area contributed by atoms with Crippen LogP contribution in [-0.4, -0.2) is 12.2 Å². The second-order valence-corrected chi connectivity index (χ2v) is 6.98. The number of hydrogen-bond acceptors (Lipinski definition) is 2. The maximum atomic E-state index is 10.8. The lowest BCUT2D eigenvalue weighted by Crippen LogP contribution is -2.19. The van der Waals surface area contributed by atoms with Gasteiger partial charge in [0.15, 0.2) is 0 Å². The van der Waals surface area contributed by atoms with E-state index in [1.165, 1.54) is 25.7 Å². The zero-order chi connectivity index (χ0) is 13.6. The van der Waals surface area contributed by atoms with Gasteiger partial charge in [-0.25, -0.2) is 0 Å². The minimum Gasteiger partial charge on any atom is -0.496 e. The van der Waals surface area contributed by atoms with Gasteiger partial charge < -0.3 is 9.84 Å². The first-order valence-corrected chi connectivity index (χ1v) is 7.91. The molecule has 0 radical (unpaired) electrons. The van der Waals surface area contributed by atoms with Crippen molar-refractivity contribution in [2.45, 2.75) is 38.7 Å². The van der Waals surface area contributed by atoms with Gasteiger partial charge >= 0.3 is 0 Å². The fourth-order valence-electron chi connectivity index (χ4n) is 3.99. The van der Waals surface area contributed by atoms with Crippen molar-refractivity contribution >= 4 is 15.9 Å². The lowest BCUT2D eigenvalue weighted by atomic mass is 9.82. The van der Waals surface area contributed by atoms with Gasteiger partial charge in [0.25, 0.3) is 0 Å². The van der Waals surface area contributed by atoms with Crippen molar-refractivity contribution in [1.82, 2.24) is 0 Å². The summed E-state index contributed by atoms with van der Waals surface area (Å²) in [6.45, 7) is 2.04. The molecule has 4 unspecified atom stereocenters. The molecule has 0 amide bonds. The number of halogens is 1. The average Bonchev–Trinajstić information content (AvgIpc) is 3.03. The van der Waals surface area contributed by atoms with E-state index in [9.17, 15) is 5.11 Å². The van der Waals surface area contributed by atoms with E-state index in [2.05, 4.69) is 15.9 Å². The first-order valence-electron chi connectivity index (χ1n) is 7.12. The van der Waals surface area contributed by atoms with Crippen LogP contribution in [0.1, 0.15) is 42.9 Å². The van der Waals surface area contributed by atoms with Gasteiger partial charge in [0, 0.05) is 10.0 Å². The standard InChI is InChI=1S/C16H21BrO2/c1-9-5-15(19-2)13(8-14(9)17)16(18)12-7-10-3-4-11(12)6-10/h5,8,10-12,16,18H,3-4,6-7H2,1-2H3. The zero-order valence-corrected chi connectivity index (χ0v) is 13.1. The highest BCUT2D eigenvalue weighted by Gasteiger charge is 2.43. The monoisotopic (exact) mass is 324 g/mol. The van der Waals surface area contributed by atoms with Crippen LogP contribution in [-0.2, 0) is 0 Å². The maximum absolute atomic E-state index is 10.8. The zero-order valence-electron chi connectivity index (χ0n) is 11.5. The first-order chi connectivity index (χ1) is 9.10. The van der Waals surface area contributed by atoms with E-state index >= 15 is 0 Å². The molecule has 19 heavy (non-hydrogen) atoms. The van der Waals surface area contributed by atoms with E-state index in [0.29, 0.717) is 11.8 Å². The number of benzene rings is 1. The van der Waals surface area contributed by atoms with Crippen LogP contribution in [0.3, 0.4) is 0 Å². The van der Waals surface area contributed by atoms with Gasteiger partial charge in [0.05, 0.1) is 13.2 Å². The smallest absolute Gasteiger partial charge is 0.125 e. The van der Waals surface area contributed by atoms with Crippen LogP contribution in [0.4, 0.5) is 0 Å². The Bertz CT molecular complexity index is 486. The predicted molar refractivity (Wildman–Crippen MR) is 79.3 cm³/mol. The summed E-state index contributed by atoms with van der Waals surface area (Å²) in [6.07, 6.45) is 4.77. The number of aryl methyl sites for hydroxylation is 1. The van der Waals surface area contributed by atoms with E-state index in [4.69, 9.17) is 4.74 Å². The highest BCUT2D eigenvalue weighted by molar-refractivity contribution is 9.10. The molecule has 1 aromatic carbocycles. The number of aliphatic hydroxyl groups excluding tert-OH is 1. The molecular formula is C16H21BrO2. The molecule has 0 aromatic heterocycles. The van der Waals surface area contributed by atoms with Crippen LogP contribution in [0.15, 0.2) is 16.6 Å². The molecule has 2 aliphatic rings. The number of ether oxygens (including phenoxy) is 1. The van der Waals surface area contributed by atoms with E-state index in [0.717, 1.165) is 27.3 Å². The number of hydrogen-bond donors (Lipinski definition) is 1. The summed E-state index contributed by atoms with van der Waals surface area (Å²) >= 11 is 3.56. The van der Waals surface area contributed by atoms with E-state index < -0.39 is 0 Å². The third kappa shape index (κ3) is 2.31. The molecule has 0 saturated heterocycles. The van der Waals surface area contributed by atoms with Crippen LogP contribution in [0, 0.1) is 24.7 Å². The molecule has 0 heterocycles. The highest BCUT2D eigenvalue weighted by Crippen LogP contribution is 2.53. The third-order valence-corrected chi connectivity index (χ3v) is 5.88. The molecule has 3 heteroatoms. The predicted octanol–water partition coefficient (Wildman–Crippen LogP) is 4.24. The molecule has 0 spiro atoms. The number of rotatable bonds is 3. The largest absolute Gasteiger partial charge is 0.496 e. The summed E-state index contributed by atoms with van der Waals surface area (Å²) in [5.74, 6) is 2.80. The quantitative estimate of drug-likeness (QED) is 0.901. The van der Waals surface area contributed by atoms with Crippen molar-refractivity contribution in [3.8, 4) is 5.75 Å². The lowest BCUT2D eigenvalue weighted by Gasteiger charge is -2.28. The van der Waals surface area contributed by atoms with E-state index in [1.54, 1.807) is 7.11 Å². The Hall–Kier alpha value is -0.540. The van der Waals surface area contributed by atoms with Gasteiger partial charge in [0.1, 0.15) is 5.75 Å². The van der Waals surface area contributed by atoms with Gasteiger partial charge in [-0.2, -0.15) is 0 Å². The van der Waals surface area contributed by atoms with Gasteiger partial charge in [-0.05, 0) is 61.6 Å². The molecule has 2 nitrogen and oxygen atoms in total. The minimum atomic E-state index is -0.387. The van der Waals surface area contributed by atoms with E-state index in [-0.39, 0.29) is 6.10 Å². The maximum Gasteiger partial charge on any atom is 0.125 e. The third-order valence-electron chi connectivity index (χ3n) is 5.03. The Balaban J connectivity index is 1.90.